The molecule has 20 heavy (non-hydrogen) atoms. The quantitative estimate of drug-likeness (QED) is 0.710. The minimum atomic E-state index is -0.184. The summed E-state index contributed by atoms with van der Waals surface area (Å²) in [6.45, 7) is 2.63. The van der Waals surface area contributed by atoms with Crippen molar-refractivity contribution in [1.29, 1.82) is 0 Å². The molecule has 0 heterocycles. The molecule has 3 aromatic carbocycles. The van der Waals surface area contributed by atoms with E-state index in [2.05, 4.69) is 29.6 Å². The summed E-state index contributed by atoms with van der Waals surface area (Å²) >= 11 is 0. The van der Waals surface area contributed by atoms with Crippen LogP contribution in [0.3, 0.4) is 0 Å². The number of fused-ring (bicyclic) bond motifs is 1. The topological polar surface area (TPSA) is 12.0 Å². The highest BCUT2D eigenvalue weighted by Gasteiger charge is 2.02. The molecule has 0 aliphatic rings. The molecule has 0 aliphatic heterocycles. The van der Waals surface area contributed by atoms with Crippen LogP contribution < -0.4 is 5.32 Å². The Morgan fingerprint density at radius 1 is 0.950 bits per heavy atom. The first kappa shape index (κ1) is 12.7. The summed E-state index contributed by atoms with van der Waals surface area (Å²) in [6, 6.07) is 19.4. The molecule has 0 saturated heterocycles. The van der Waals surface area contributed by atoms with Crippen LogP contribution in [0.15, 0.2) is 60.7 Å². The summed E-state index contributed by atoms with van der Waals surface area (Å²) in [5, 5.41) is 5.86. The number of aryl methyl sites for hydroxylation is 1. The van der Waals surface area contributed by atoms with Gasteiger partial charge in [-0.2, -0.15) is 0 Å². The molecule has 1 nitrogen and oxygen atoms in total. The van der Waals surface area contributed by atoms with Gasteiger partial charge in [0.15, 0.2) is 0 Å². The van der Waals surface area contributed by atoms with Crippen molar-refractivity contribution in [2.45, 2.75) is 13.5 Å². The summed E-state index contributed by atoms with van der Waals surface area (Å²) < 4.78 is 13.1. The van der Waals surface area contributed by atoms with Crippen molar-refractivity contribution in [2.24, 2.45) is 0 Å². The molecule has 0 amide bonds. The molecular weight excluding hydrogens is 249 g/mol. The average molecular weight is 265 g/mol. The number of hydrogen-bond acceptors (Lipinski definition) is 1. The molecular formula is C18H16FN. The molecule has 3 rings (SSSR count). The Morgan fingerprint density at radius 2 is 1.75 bits per heavy atom. The van der Waals surface area contributed by atoms with Gasteiger partial charge in [0.2, 0.25) is 0 Å². The Balaban J connectivity index is 1.87. The van der Waals surface area contributed by atoms with Crippen molar-refractivity contribution in [2.75, 3.05) is 5.32 Å². The summed E-state index contributed by atoms with van der Waals surface area (Å²) in [6.07, 6.45) is 0. The molecule has 0 aliphatic carbocycles. The van der Waals surface area contributed by atoms with Gasteiger partial charge in [0, 0.05) is 17.6 Å². The first-order valence-corrected chi connectivity index (χ1v) is 6.71. The van der Waals surface area contributed by atoms with Gasteiger partial charge < -0.3 is 5.32 Å². The molecule has 0 aromatic heterocycles. The Labute approximate surface area is 118 Å². The Morgan fingerprint density at radius 3 is 2.60 bits per heavy atom. The normalized spacial score (nSPS) is 10.7. The molecule has 0 atom stereocenters. The second-order valence-electron chi connectivity index (χ2n) is 4.95. The standard InChI is InChI=1S/C18H16FN/c1-13-11-16(19)10-9-15(13)12-20-18-8-4-6-14-5-2-3-7-17(14)18/h2-11,20H,12H2,1H3. The first-order valence-electron chi connectivity index (χ1n) is 6.71. The molecule has 1 N–H and O–H groups in total. The summed E-state index contributed by atoms with van der Waals surface area (Å²) in [7, 11) is 0. The Bertz CT molecular complexity index is 744. The maximum absolute atomic E-state index is 13.1. The van der Waals surface area contributed by atoms with Gasteiger partial charge in [-0.3, -0.25) is 0 Å². The monoisotopic (exact) mass is 265 g/mol. The second kappa shape index (κ2) is 5.33. The van der Waals surface area contributed by atoms with Crippen molar-refractivity contribution in [3.63, 3.8) is 0 Å². The van der Waals surface area contributed by atoms with E-state index in [-0.39, 0.29) is 5.82 Å². The van der Waals surface area contributed by atoms with Crippen LogP contribution in [0.2, 0.25) is 0 Å². The van der Waals surface area contributed by atoms with Crippen LogP contribution in [0, 0.1) is 12.7 Å². The van der Waals surface area contributed by atoms with Gasteiger partial charge in [0.1, 0.15) is 5.82 Å². The van der Waals surface area contributed by atoms with Crippen molar-refractivity contribution < 1.29 is 4.39 Å². The van der Waals surface area contributed by atoms with Crippen molar-refractivity contribution in [1.82, 2.24) is 0 Å². The minimum Gasteiger partial charge on any atom is -0.380 e. The zero-order valence-corrected chi connectivity index (χ0v) is 11.4. The van der Waals surface area contributed by atoms with Gasteiger partial charge in [0.05, 0.1) is 0 Å². The highest BCUT2D eigenvalue weighted by Crippen LogP contribution is 2.23. The highest BCUT2D eigenvalue weighted by molar-refractivity contribution is 5.93. The highest BCUT2D eigenvalue weighted by atomic mass is 19.1. The van der Waals surface area contributed by atoms with E-state index >= 15 is 0 Å². The average Bonchev–Trinajstić information content (AvgIpc) is 2.46. The summed E-state index contributed by atoms with van der Waals surface area (Å²) in [5.74, 6) is -0.184. The van der Waals surface area contributed by atoms with Crippen LogP contribution in [0.25, 0.3) is 10.8 Å². The van der Waals surface area contributed by atoms with E-state index < -0.39 is 0 Å². The number of hydrogen-bond donors (Lipinski definition) is 1. The van der Waals surface area contributed by atoms with E-state index in [0.29, 0.717) is 6.54 Å². The lowest BCUT2D eigenvalue weighted by atomic mass is 10.1. The van der Waals surface area contributed by atoms with Gasteiger partial charge in [0.25, 0.3) is 0 Å². The molecule has 0 saturated carbocycles. The number of anilines is 1. The van der Waals surface area contributed by atoms with Gasteiger partial charge in [-0.25, -0.2) is 4.39 Å². The molecule has 0 bridgehead atoms. The largest absolute Gasteiger partial charge is 0.380 e. The lowest BCUT2D eigenvalue weighted by Crippen LogP contribution is -2.02. The third-order valence-corrected chi connectivity index (χ3v) is 3.56. The molecule has 100 valence electrons. The van der Waals surface area contributed by atoms with Crippen LogP contribution in [0.5, 0.6) is 0 Å². The van der Waals surface area contributed by atoms with E-state index in [1.807, 2.05) is 31.2 Å². The second-order valence-corrected chi connectivity index (χ2v) is 4.95. The van der Waals surface area contributed by atoms with E-state index in [1.54, 1.807) is 6.07 Å². The van der Waals surface area contributed by atoms with Crippen LogP contribution in [0.4, 0.5) is 10.1 Å². The fraction of sp³-hybridized carbons (Fsp3) is 0.111. The first-order chi connectivity index (χ1) is 9.74. The predicted octanol–water partition coefficient (Wildman–Crippen LogP) is 4.90. The fourth-order valence-corrected chi connectivity index (χ4v) is 2.43. The number of halogens is 1. The third kappa shape index (κ3) is 2.50. The van der Waals surface area contributed by atoms with Gasteiger partial charge in [-0.1, -0.05) is 42.5 Å². The molecule has 2 heteroatoms. The predicted molar refractivity (Wildman–Crippen MR) is 82.4 cm³/mol. The van der Waals surface area contributed by atoms with Gasteiger partial charge in [-0.15, -0.1) is 0 Å². The molecule has 3 aromatic rings. The third-order valence-electron chi connectivity index (χ3n) is 3.56. The summed E-state index contributed by atoms with van der Waals surface area (Å²) in [5.41, 5.74) is 3.18. The smallest absolute Gasteiger partial charge is 0.123 e. The summed E-state index contributed by atoms with van der Waals surface area (Å²) in [4.78, 5) is 0. The van der Waals surface area contributed by atoms with Crippen LogP contribution in [-0.4, -0.2) is 0 Å². The maximum Gasteiger partial charge on any atom is 0.123 e. The SMILES string of the molecule is Cc1cc(F)ccc1CNc1cccc2ccccc12. The van der Waals surface area contributed by atoms with Crippen LogP contribution >= 0.6 is 0 Å². The van der Waals surface area contributed by atoms with Crippen LogP contribution in [0.1, 0.15) is 11.1 Å². The number of benzene rings is 3. The van der Waals surface area contributed by atoms with Crippen molar-refractivity contribution >= 4 is 16.5 Å². The van der Waals surface area contributed by atoms with Gasteiger partial charge >= 0.3 is 0 Å². The molecule has 0 spiro atoms. The van der Waals surface area contributed by atoms with Crippen LogP contribution in [-0.2, 0) is 6.54 Å². The zero-order valence-electron chi connectivity index (χ0n) is 11.4. The zero-order chi connectivity index (χ0) is 13.9. The van der Waals surface area contributed by atoms with E-state index in [9.17, 15) is 4.39 Å². The van der Waals surface area contributed by atoms with Crippen molar-refractivity contribution in [3.8, 4) is 0 Å². The molecule has 0 radical (unpaired) electrons. The van der Waals surface area contributed by atoms with Crippen molar-refractivity contribution in [3.05, 3.63) is 77.6 Å². The van der Waals surface area contributed by atoms with E-state index in [1.165, 1.54) is 16.8 Å². The minimum absolute atomic E-state index is 0.184. The van der Waals surface area contributed by atoms with E-state index in [4.69, 9.17) is 0 Å². The molecule has 0 fully saturated rings. The van der Waals surface area contributed by atoms with Gasteiger partial charge in [-0.05, 0) is 41.6 Å². The number of nitrogens with one attached hydrogen (secondary N) is 1. The number of rotatable bonds is 3. The lowest BCUT2D eigenvalue weighted by molar-refractivity contribution is 0.625. The molecule has 0 unspecified atom stereocenters. The Hall–Kier alpha value is -2.35. The Kier molecular flexibility index (Phi) is 3.38. The fourth-order valence-electron chi connectivity index (χ4n) is 2.43. The lowest BCUT2D eigenvalue weighted by Gasteiger charge is -2.11. The maximum atomic E-state index is 13.1. The van der Waals surface area contributed by atoms with E-state index in [0.717, 1.165) is 16.8 Å².